The van der Waals surface area contributed by atoms with Gasteiger partial charge in [0.05, 0.1) is 24.3 Å². The zero-order valence-electron chi connectivity index (χ0n) is 17.8. The number of pyridine rings is 1. The van der Waals surface area contributed by atoms with Gasteiger partial charge in [0, 0.05) is 35.8 Å². The van der Waals surface area contributed by atoms with Gasteiger partial charge in [-0.05, 0) is 62.1 Å². The number of hydrogen-bond acceptors (Lipinski definition) is 4. The molecule has 2 aliphatic heterocycles. The van der Waals surface area contributed by atoms with Crippen molar-refractivity contribution >= 4 is 0 Å². The molecule has 29 heavy (non-hydrogen) atoms. The minimum Gasteiger partial charge on any atom is -0.376 e. The van der Waals surface area contributed by atoms with Crippen molar-refractivity contribution < 1.29 is 4.74 Å². The highest BCUT2D eigenvalue weighted by Gasteiger charge is 2.55. The predicted molar refractivity (Wildman–Crippen MR) is 114 cm³/mol. The summed E-state index contributed by atoms with van der Waals surface area (Å²) >= 11 is 0. The second kappa shape index (κ2) is 7.89. The quantitative estimate of drug-likeness (QED) is 0.729. The lowest BCUT2D eigenvalue weighted by Gasteiger charge is -2.54. The lowest BCUT2D eigenvalue weighted by Crippen LogP contribution is -2.58. The highest BCUT2D eigenvalue weighted by Crippen LogP contribution is 2.51. The number of nitriles is 1. The molecule has 0 spiro atoms. The van der Waals surface area contributed by atoms with E-state index in [1.54, 1.807) is 0 Å². The molecule has 0 aliphatic carbocycles. The molecule has 0 radical (unpaired) electrons. The van der Waals surface area contributed by atoms with Crippen molar-refractivity contribution in [3.05, 3.63) is 65.0 Å². The molecule has 1 aromatic heterocycles. The topological polar surface area (TPSA) is 49.2 Å². The highest BCUT2D eigenvalue weighted by atomic mass is 16.5. The fraction of sp³-hybridized carbons (Fsp3) is 0.520. The Kier molecular flexibility index (Phi) is 5.46. The van der Waals surface area contributed by atoms with Crippen molar-refractivity contribution in [1.82, 2.24) is 9.88 Å². The number of rotatable bonds is 6. The van der Waals surface area contributed by atoms with Gasteiger partial charge >= 0.3 is 0 Å². The molecule has 1 unspecified atom stereocenters. The number of aromatic nitrogens is 1. The molecule has 2 aliphatic rings. The summed E-state index contributed by atoms with van der Waals surface area (Å²) in [6.07, 6.45) is 5.65. The first-order valence-electron chi connectivity index (χ1n) is 10.6. The highest BCUT2D eigenvalue weighted by molar-refractivity contribution is 5.31. The summed E-state index contributed by atoms with van der Waals surface area (Å²) in [7, 11) is 0. The maximum Gasteiger partial charge on any atom is 0.0991 e. The van der Waals surface area contributed by atoms with Crippen LogP contribution in [-0.2, 0) is 17.7 Å². The molecule has 3 heterocycles. The van der Waals surface area contributed by atoms with E-state index in [1.807, 2.05) is 25.3 Å². The zero-order valence-corrected chi connectivity index (χ0v) is 17.8. The van der Waals surface area contributed by atoms with Gasteiger partial charge in [0.1, 0.15) is 0 Å². The molecular formula is C25H31N3O. The zero-order chi connectivity index (χ0) is 20.5. The van der Waals surface area contributed by atoms with Crippen molar-refractivity contribution in [3.8, 4) is 6.07 Å². The summed E-state index contributed by atoms with van der Waals surface area (Å²) in [5, 5.41) is 9.03. The van der Waals surface area contributed by atoms with Crippen LogP contribution in [0.3, 0.4) is 0 Å². The molecule has 2 atom stereocenters. The molecule has 2 saturated heterocycles. The summed E-state index contributed by atoms with van der Waals surface area (Å²) in [6.45, 7) is 10.7. The van der Waals surface area contributed by atoms with Gasteiger partial charge in [-0.25, -0.2) is 0 Å². The van der Waals surface area contributed by atoms with Crippen LogP contribution in [0.4, 0.5) is 0 Å². The summed E-state index contributed by atoms with van der Waals surface area (Å²) in [4.78, 5) is 7.03. The van der Waals surface area contributed by atoms with Gasteiger partial charge < -0.3 is 4.74 Å². The normalized spacial score (nSPS) is 26.1. The SMILES string of the molecule is Cc1ccc(CN2CC[C@@](CCc3ccc(C#N)cc3)(C3OCC3(C)C)C2)cn1. The van der Waals surface area contributed by atoms with Gasteiger partial charge in [0.15, 0.2) is 0 Å². The third-order valence-electron chi connectivity index (χ3n) is 6.73. The lowest BCUT2D eigenvalue weighted by atomic mass is 9.64. The van der Waals surface area contributed by atoms with E-state index in [0.29, 0.717) is 6.10 Å². The van der Waals surface area contributed by atoms with Gasteiger partial charge in [0.2, 0.25) is 0 Å². The van der Waals surface area contributed by atoms with Gasteiger partial charge in [-0.3, -0.25) is 9.88 Å². The standard InChI is InChI=1S/C25H31N3O/c1-19-4-5-22(15-27-19)16-28-13-12-25(17-28,23-24(2,3)18-29-23)11-10-20-6-8-21(14-26)9-7-20/h4-9,15,23H,10-13,16-18H2,1-3H3/t23?,25-/m1/s1. The van der Waals surface area contributed by atoms with Crippen LogP contribution in [0, 0.1) is 29.1 Å². The van der Waals surface area contributed by atoms with Crippen molar-refractivity contribution in [2.24, 2.45) is 10.8 Å². The predicted octanol–water partition coefficient (Wildman–Crippen LogP) is 4.51. The summed E-state index contributed by atoms with van der Waals surface area (Å²) in [6, 6.07) is 14.6. The van der Waals surface area contributed by atoms with E-state index >= 15 is 0 Å². The van der Waals surface area contributed by atoms with E-state index in [2.05, 4.69) is 54.1 Å². The van der Waals surface area contributed by atoms with Crippen LogP contribution in [0.2, 0.25) is 0 Å². The first-order valence-corrected chi connectivity index (χ1v) is 10.6. The molecule has 0 bridgehead atoms. The van der Waals surface area contributed by atoms with Gasteiger partial charge in [0.25, 0.3) is 0 Å². The Balaban J connectivity index is 1.48. The number of hydrogen-bond donors (Lipinski definition) is 0. The van der Waals surface area contributed by atoms with E-state index < -0.39 is 0 Å². The van der Waals surface area contributed by atoms with Crippen LogP contribution in [0.15, 0.2) is 42.6 Å². The minimum absolute atomic E-state index is 0.188. The van der Waals surface area contributed by atoms with Crippen molar-refractivity contribution in [3.63, 3.8) is 0 Å². The van der Waals surface area contributed by atoms with Gasteiger partial charge in [-0.1, -0.05) is 32.0 Å². The monoisotopic (exact) mass is 389 g/mol. The Labute approximate surface area is 174 Å². The van der Waals surface area contributed by atoms with E-state index in [4.69, 9.17) is 10.00 Å². The van der Waals surface area contributed by atoms with Crippen molar-refractivity contribution in [1.29, 1.82) is 5.26 Å². The average Bonchev–Trinajstić information content (AvgIpc) is 3.11. The number of likely N-dealkylation sites (tertiary alicyclic amines) is 1. The molecular weight excluding hydrogens is 358 g/mol. The van der Waals surface area contributed by atoms with E-state index in [9.17, 15) is 0 Å². The molecule has 2 fully saturated rings. The summed E-state index contributed by atoms with van der Waals surface area (Å²) < 4.78 is 6.19. The maximum atomic E-state index is 9.03. The van der Waals surface area contributed by atoms with Gasteiger partial charge in [-0.15, -0.1) is 0 Å². The molecule has 152 valence electrons. The number of ether oxygens (including phenoxy) is 1. The Hall–Kier alpha value is -2.22. The molecule has 4 heteroatoms. The fourth-order valence-electron chi connectivity index (χ4n) is 5.16. The smallest absolute Gasteiger partial charge is 0.0991 e. The fourth-order valence-corrected chi connectivity index (χ4v) is 5.16. The van der Waals surface area contributed by atoms with Crippen LogP contribution >= 0.6 is 0 Å². The molecule has 0 saturated carbocycles. The molecule has 4 rings (SSSR count). The Morgan fingerprint density at radius 1 is 1.17 bits per heavy atom. The Bertz CT molecular complexity index is 882. The summed E-state index contributed by atoms with van der Waals surface area (Å²) in [5.41, 5.74) is 4.82. The first kappa shape index (κ1) is 20.1. The van der Waals surface area contributed by atoms with Crippen LogP contribution < -0.4 is 0 Å². The van der Waals surface area contributed by atoms with E-state index in [1.165, 1.54) is 17.5 Å². The molecule has 1 aromatic carbocycles. The Morgan fingerprint density at radius 2 is 1.93 bits per heavy atom. The number of benzene rings is 1. The number of aryl methyl sites for hydroxylation is 2. The summed E-state index contributed by atoms with van der Waals surface area (Å²) in [5.74, 6) is 0. The second-order valence-electron chi connectivity index (χ2n) is 9.62. The average molecular weight is 390 g/mol. The third-order valence-corrected chi connectivity index (χ3v) is 6.73. The van der Waals surface area contributed by atoms with Crippen LogP contribution in [0.1, 0.15) is 49.1 Å². The Morgan fingerprint density at radius 3 is 2.52 bits per heavy atom. The van der Waals surface area contributed by atoms with Gasteiger partial charge in [-0.2, -0.15) is 5.26 Å². The van der Waals surface area contributed by atoms with Crippen molar-refractivity contribution in [2.75, 3.05) is 19.7 Å². The van der Waals surface area contributed by atoms with Crippen molar-refractivity contribution in [2.45, 2.75) is 52.7 Å². The van der Waals surface area contributed by atoms with Crippen LogP contribution in [0.5, 0.6) is 0 Å². The van der Waals surface area contributed by atoms with Crippen LogP contribution in [0.25, 0.3) is 0 Å². The molecule has 0 amide bonds. The molecule has 2 aromatic rings. The number of nitrogens with zero attached hydrogens (tertiary/aromatic N) is 3. The van der Waals surface area contributed by atoms with Crippen LogP contribution in [-0.4, -0.2) is 35.7 Å². The molecule has 4 nitrogen and oxygen atoms in total. The van der Waals surface area contributed by atoms with E-state index in [0.717, 1.165) is 50.3 Å². The second-order valence-corrected chi connectivity index (χ2v) is 9.62. The van der Waals surface area contributed by atoms with E-state index in [-0.39, 0.29) is 10.8 Å². The maximum absolute atomic E-state index is 9.03. The minimum atomic E-state index is 0.188. The first-order chi connectivity index (χ1) is 13.9. The third kappa shape index (κ3) is 4.22. The lowest BCUT2D eigenvalue weighted by molar-refractivity contribution is -0.223. The molecule has 0 N–H and O–H groups in total. The largest absolute Gasteiger partial charge is 0.376 e.